The number of rotatable bonds is 4. The SMILES string of the molecule is CC(=O)Nc1ccc2nc(NC(=O)c3cc(C)nn3C(C)C)sc2c1. The quantitative estimate of drug-likeness (QED) is 0.747. The number of nitrogens with one attached hydrogen (secondary N) is 2. The zero-order chi connectivity index (χ0) is 18.1. The predicted octanol–water partition coefficient (Wildman–Crippen LogP) is 3.59. The van der Waals surface area contributed by atoms with Gasteiger partial charge < -0.3 is 5.32 Å². The monoisotopic (exact) mass is 357 g/mol. The summed E-state index contributed by atoms with van der Waals surface area (Å²) in [5.74, 6) is -0.370. The van der Waals surface area contributed by atoms with Gasteiger partial charge in [-0.05, 0) is 45.0 Å². The third-order valence-corrected chi connectivity index (χ3v) is 4.44. The minimum atomic E-state index is -0.240. The normalized spacial score (nSPS) is 11.1. The van der Waals surface area contributed by atoms with E-state index in [0.717, 1.165) is 15.9 Å². The Bertz CT molecular complexity index is 957. The first-order chi connectivity index (χ1) is 11.8. The zero-order valence-electron chi connectivity index (χ0n) is 14.5. The molecule has 0 aliphatic heterocycles. The summed E-state index contributed by atoms with van der Waals surface area (Å²) in [4.78, 5) is 28.2. The molecule has 0 spiro atoms. The fourth-order valence-electron chi connectivity index (χ4n) is 2.50. The summed E-state index contributed by atoms with van der Waals surface area (Å²) in [6.45, 7) is 7.27. The second kappa shape index (κ2) is 6.64. The number of thiazole rings is 1. The van der Waals surface area contributed by atoms with E-state index in [9.17, 15) is 9.59 Å². The number of hydrogen-bond donors (Lipinski definition) is 2. The van der Waals surface area contributed by atoms with Crippen LogP contribution in [-0.4, -0.2) is 26.6 Å². The van der Waals surface area contributed by atoms with Crippen LogP contribution in [0.1, 0.15) is 43.0 Å². The molecule has 0 fully saturated rings. The first-order valence-corrected chi connectivity index (χ1v) is 8.71. The molecule has 3 rings (SSSR count). The summed E-state index contributed by atoms with van der Waals surface area (Å²) < 4.78 is 2.59. The van der Waals surface area contributed by atoms with E-state index in [4.69, 9.17) is 0 Å². The van der Waals surface area contributed by atoms with Gasteiger partial charge in [0.05, 0.1) is 15.9 Å². The summed E-state index contributed by atoms with van der Waals surface area (Å²) >= 11 is 1.36. The smallest absolute Gasteiger partial charge is 0.275 e. The lowest BCUT2D eigenvalue weighted by molar-refractivity contribution is -0.114. The summed E-state index contributed by atoms with van der Waals surface area (Å²) in [5, 5.41) is 10.4. The van der Waals surface area contributed by atoms with Crippen LogP contribution in [0.25, 0.3) is 10.2 Å². The first-order valence-electron chi connectivity index (χ1n) is 7.89. The molecule has 0 saturated heterocycles. The number of hydrogen-bond acceptors (Lipinski definition) is 5. The maximum absolute atomic E-state index is 12.6. The van der Waals surface area contributed by atoms with Crippen molar-refractivity contribution in [3.05, 3.63) is 35.7 Å². The van der Waals surface area contributed by atoms with Gasteiger partial charge in [-0.25, -0.2) is 4.98 Å². The van der Waals surface area contributed by atoms with Gasteiger partial charge in [-0.1, -0.05) is 11.3 Å². The summed E-state index contributed by atoms with van der Waals surface area (Å²) in [6.07, 6.45) is 0. The van der Waals surface area contributed by atoms with Crippen LogP contribution in [0.4, 0.5) is 10.8 Å². The fourth-order valence-corrected chi connectivity index (χ4v) is 3.40. The van der Waals surface area contributed by atoms with Gasteiger partial charge in [-0.3, -0.25) is 19.6 Å². The number of amides is 2. The van der Waals surface area contributed by atoms with Crippen LogP contribution in [0.3, 0.4) is 0 Å². The number of fused-ring (bicyclic) bond motifs is 1. The Labute approximate surface area is 149 Å². The molecule has 2 aromatic heterocycles. The van der Waals surface area contributed by atoms with Gasteiger partial charge in [0.25, 0.3) is 5.91 Å². The van der Waals surface area contributed by atoms with Crippen LogP contribution in [-0.2, 0) is 4.79 Å². The Morgan fingerprint density at radius 2 is 1.96 bits per heavy atom. The van der Waals surface area contributed by atoms with Crippen molar-refractivity contribution in [2.45, 2.75) is 33.7 Å². The van der Waals surface area contributed by atoms with Crippen LogP contribution < -0.4 is 10.6 Å². The maximum Gasteiger partial charge on any atom is 0.275 e. The molecular weight excluding hydrogens is 338 g/mol. The number of benzene rings is 1. The summed E-state index contributed by atoms with van der Waals surface area (Å²) in [5.41, 5.74) is 2.77. The molecule has 130 valence electrons. The molecule has 0 bridgehead atoms. The van der Waals surface area contributed by atoms with E-state index in [1.54, 1.807) is 16.8 Å². The van der Waals surface area contributed by atoms with Gasteiger partial charge in [0, 0.05) is 18.7 Å². The highest BCUT2D eigenvalue weighted by atomic mass is 32.1. The second-order valence-electron chi connectivity index (χ2n) is 6.05. The molecule has 0 aliphatic rings. The molecule has 25 heavy (non-hydrogen) atoms. The predicted molar refractivity (Wildman–Crippen MR) is 99.2 cm³/mol. The number of nitrogens with zero attached hydrogens (tertiary/aromatic N) is 3. The zero-order valence-corrected chi connectivity index (χ0v) is 15.3. The van der Waals surface area contributed by atoms with Crippen molar-refractivity contribution in [3.8, 4) is 0 Å². The molecule has 0 aliphatic carbocycles. The van der Waals surface area contributed by atoms with Gasteiger partial charge in [0.2, 0.25) is 5.91 Å². The van der Waals surface area contributed by atoms with E-state index >= 15 is 0 Å². The molecule has 0 saturated carbocycles. The van der Waals surface area contributed by atoms with Gasteiger partial charge in [0.15, 0.2) is 5.13 Å². The molecule has 0 unspecified atom stereocenters. The highest BCUT2D eigenvalue weighted by molar-refractivity contribution is 7.22. The van der Waals surface area contributed by atoms with Crippen LogP contribution in [0.2, 0.25) is 0 Å². The molecule has 0 atom stereocenters. The number of carbonyl (C=O) groups is 2. The minimum absolute atomic E-state index is 0.0880. The third-order valence-electron chi connectivity index (χ3n) is 3.51. The largest absolute Gasteiger partial charge is 0.326 e. The Morgan fingerprint density at radius 3 is 2.64 bits per heavy atom. The number of anilines is 2. The maximum atomic E-state index is 12.6. The van der Waals surface area contributed by atoms with E-state index in [2.05, 4.69) is 20.7 Å². The lowest BCUT2D eigenvalue weighted by Gasteiger charge is -2.09. The lowest BCUT2D eigenvalue weighted by atomic mass is 10.3. The second-order valence-corrected chi connectivity index (χ2v) is 7.08. The fraction of sp³-hybridized carbons (Fsp3) is 0.294. The summed E-state index contributed by atoms with van der Waals surface area (Å²) in [6, 6.07) is 7.29. The van der Waals surface area contributed by atoms with Crippen LogP contribution in [0.15, 0.2) is 24.3 Å². The van der Waals surface area contributed by atoms with Crippen LogP contribution >= 0.6 is 11.3 Å². The molecule has 1 aromatic carbocycles. The molecule has 7 nitrogen and oxygen atoms in total. The number of aryl methyl sites for hydroxylation is 1. The average molecular weight is 357 g/mol. The minimum Gasteiger partial charge on any atom is -0.326 e. The first kappa shape index (κ1) is 17.1. The van der Waals surface area contributed by atoms with Gasteiger partial charge in [-0.15, -0.1) is 0 Å². The molecule has 2 amide bonds. The van der Waals surface area contributed by atoms with Crippen molar-refractivity contribution in [2.24, 2.45) is 0 Å². The van der Waals surface area contributed by atoms with Gasteiger partial charge in [0.1, 0.15) is 5.69 Å². The molecule has 2 N–H and O–H groups in total. The van der Waals surface area contributed by atoms with E-state index < -0.39 is 0 Å². The van der Waals surface area contributed by atoms with Crippen molar-refractivity contribution in [1.82, 2.24) is 14.8 Å². The van der Waals surface area contributed by atoms with E-state index in [1.165, 1.54) is 18.3 Å². The Kier molecular flexibility index (Phi) is 4.54. The van der Waals surface area contributed by atoms with Crippen molar-refractivity contribution in [1.29, 1.82) is 0 Å². The van der Waals surface area contributed by atoms with Crippen molar-refractivity contribution in [3.63, 3.8) is 0 Å². The van der Waals surface area contributed by atoms with E-state index in [-0.39, 0.29) is 17.9 Å². The van der Waals surface area contributed by atoms with Crippen LogP contribution in [0, 0.1) is 6.92 Å². The van der Waals surface area contributed by atoms with Crippen molar-refractivity contribution >= 4 is 44.2 Å². The molecule has 0 radical (unpaired) electrons. The Balaban J connectivity index is 1.85. The number of carbonyl (C=O) groups excluding carboxylic acids is 2. The Hall–Kier alpha value is -2.74. The summed E-state index contributed by atoms with van der Waals surface area (Å²) in [7, 11) is 0. The Morgan fingerprint density at radius 1 is 1.20 bits per heavy atom. The topological polar surface area (TPSA) is 88.9 Å². The molecule has 8 heteroatoms. The lowest BCUT2D eigenvalue weighted by Crippen LogP contribution is -2.18. The van der Waals surface area contributed by atoms with E-state index in [1.807, 2.05) is 32.9 Å². The van der Waals surface area contributed by atoms with Crippen molar-refractivity contribution < 1.29 is 9.59 Å². The molecule has 2 heterocycles. The highest BCUT2D eigenvalue weighted by Gasteiger charge is 2.17. The standard InChI is InChI=1S/C17H19N5O2S/c1-9(2)22-14(7-10(3)21-22)16(24)20-17-19-13-6-5-12(18-11(4)23)8-15(13)25-17/h5-9H,1-4H3,(H,18,23)(H,19,20,24). The van der Waals surface area contributed by atoms with Crippen LogP contribution in [0.5, 0.6) is 0 Å². The molecule has 3 aromatic rings. The van der Waals surface area contributed by atoms with Gasteiger partial charge >= 0.3 is 0 Å². The third kappa shape index (κ3) is 3.69. The van der Waals surface area contributed by atoms with Crippen molar-refractivity contribution in [2.75, 3.05) is 10.6 Å². The van der Waals surface area contributed by atoms with E-state index in [0.29, 0.717) is 16.5 Å². The van der Waals surface area contributed by atoms with Gasteiger partial charge in [-0.2, -0.15) is 5.10 Å². The molecular formula is C17H19N5O2S. The number of aromatic nitrogens is 3. The average Bonchev–Trinajstić information content (AvgIpc) is 3.09. The highest BCUT2D eigenvalue weighted by Crippen LogP contribution is 2.29.